The summed E-state index contributed by atoms with van der Waals surface area (Å²) in [6, 6.07) is 12.0. The van der Waals surface area contributed by atoms with E-state index in [0.29, 0.717) is 0 Å². The Labute approximate surface area is 157 Å². The van der Waals surface area contributed by atoms with Crippen LogP contribution in [0.5, 0.6) is 11.5 Å². The third-order valence-electron chi connectivity index (χ3n) is 4.26. The normalized spacial score (nSPS) is 16.9. The number of aliphatic imine (C=N–C) groups is 1. The van der Waals surface area contributed by atoms with Crippen LogP contribution in [0.1, 0.15) is 22.7 Å². The number of benzene rings is 2. The van der Waals surface area contributed by atoms with Gasteiger partial charge in [0.15, 0.2) is 11.5 Å². The highest BCUT2D eigenvalue weighted by Crippen LogP contribution is 2.41. The van der Waals surface area contributed by atoms with Crippen molar-refractivity contribution in [3.05, 3.63) is 58.1 Å². The summed E-state index contributed by atoms with van der Waals surface area (Å²) in [4.78, 5) is 7.02. The number of rotatable bonds is 1. The number of amidine groups is 1. The molecule has 0 saturated carbocycles. The van der Waals surface area contributed by atoms with E-state index in [9.17, 15) is 0 Å². The molecular formula is C18H20Cl2N2O3. The number of nitrogens with zero attached hydrogens (tertiary/aromatic N) is 2. The lowest BCUT2D eigenvalue weighted by molar-refractivity contribution is 0.174. The van der Waals surface area contributed by atoms with E-state index in [4.69, 9.17) is 26.1 Å². The molecule has 1 atom stereocenters. The van der Waals surface area contributed by atoms with Crippen molar-refractivity contribution in [3.8, 4) is 11.5 Å². The van der Waals surface area contributed by atoms with Crippen molar-refractivity contribution in [1.82, 2.24) is 4.90 Å². The fraction of sp³-hybridized carbons (Fsp3) is 0.278. The van der Waals surface area contributed by atoms with Gasteiger partial charge >= 0.3 is 0 Å². The maximum atomic E-state index is 6.03. The molecule has 0 bridgehead atoms. The van der Waals surface area contributed by atoms with Crippen LogP contribution in [0.15, 0.2) is 41.4 Å². The number of likely N-dealkylation sites (N-methyl/N-ethyl adjacent to an activating group) is 1. The van der Waals surface area contributed by atoms with E-state index < -0.39 is 0 Å². The lowest BCUT2D eigenvalue weighted by Crippen LogP contribution is -2.28. The lowest BCUT2D eigenvalue weighted by atomic mass is 9.90. The predicted octanol–water partition coefficient (Wildman–Crippen LogP) is 3.27. The second-order valence-corrected chi connectivity index (χ2v) is 6.41. The Kier molecular flexibility index (Phi) is 5.83. The fourth-order valence-corrected chi connectivity index (χ4v) is 3.14. The zero-order valence-electron chi connectivity index (χ0n) is 14.0. The molecule has 0 aliphatic carbocycles. The van der Waals surface area contributed by atoms with Gasteiger partial charge in [-0.2, -0.15) is 0 Å². The van der Waals surface area contributed by atoms with E-state index >= 15 is 0 Å². The van der Waals surface area contributed by atoms with E-state index in [0.717, 1.165) is 34.3 Å². The van der Waals surface area contributed by atoms with E-state index in [2.05, 4.69) is 17.0 Å². The summed E-state index contributed by atoms with van der Waals surface area (Å²) in [6.07, 6.45) is 0.795. The average Bonchev–Trinajstić information content (AvgIpc) is 2.99. The van der Waals surface area contributed by atoms with Crippen LogP contribution in [-0.2, 0) is 6.42 Å². The van der Waals surface area contributed by atoms with Crippen LogP contribution in [0.2, 0.25) is 5.02 Å². The first-order chi connectivity index (χ1) is 11.1. The topological polar surface area (TPSA) is 65.6 Å². The first-order valence-electron chi connectivity index (χ1n) is 7.53. The molecule has 0 amide bonds. The predicted molar refractivity (Wildman–Crippen MR) is 102 cm³/mol. The molecule has 0 spiro atoms. The van der Waals surface area contributed by atoms with Gasteiger partial charge < -0.3 is 19.8 Å². The summed E-state index contributed by atoms with van der Waals surface area (Å²) >= 11 is 6.03. The minimum Gasteiger partial charge on any atom is -0.454 e. The van der Waals surface area contributed by atoms with Gasteiger partial charge in [-0.1, -0.05) is 23.7 Å². The van der Waals surface area contributed by atoms with Crippen molar-refractivity contribution in [2.75, 3.05) is 20.9 Å². The maximum Gasteiger partial charge on any atom is 0.231 e. The van der Waals surface area contributed by atoms with Gasteiger partial charge in [-0.15, -0.1) is 12.4 Å². The van der Waals surface area contributed by atoms with Gasteiger partial charge in [0.1, 0.15) is 11.9 Å². The van der Waals surface area contributed by atoms with Crippen LogP contribution < -0.4 is 9.47 Å². The molecule has 7 heteroatoms. The Balaban J connectivity index is 0.00000113. The van der Waals surface area contributed by atoms with Crippen molar-refractivity contribution < 1.29 is 14.9 Å². The third-order valence-corrected chi connectivity index (χ3v) is 4.51. The molecule has 2 N–H and O–H groups in total. The van der Waals surface area contributed by atoms with Crippen molar-refractivity contribution in [1.29, 1.82) is 0 Å². The van der Waals surface area contributed by atoms with Gasteiger partial charge in [-0.05, 0) is 41.0 Å². The number of halogens is 2. The highest BCUT2D eigenvalue weighted by Gasteiger charge is 2.27. The first-order valence-corrected chi connectivity index (χ1v) is 7.91. The summed E-state index contributed by atoms with van der Waals surface area (Å²) in [6.45, 7) is 0.283. The summed E-state index contributed by atoms with van der Waals surface area (Å²) in [5.74, 6) is 2.67. The molecule has 0 fully saturated rings. The van der Waals surface area contributed by atoms with Gasteiger partial charge in [-0.3, -0.25) is 4.99 Å². The maximum absolute atomic E-state index is 6.03. The summed E-state index contributed by atoms with van der Waals surface area (Å²) in [7, 11) is 4.05. The highest BCUT2D eigenvalue weighted by atomic mass is 35.5. The molecule has 1 unspecified atom stereocenters. The Morgan fingerprint density at radius 1 is 1.08 bits per heavy atom. The molecule has 4 rings (SSSR count). The smallest absolute Gasteiger partial charge is 0.231 e. The van der Waals surface area contributed by atoms with Crippen molar-refractivity contribution in [3.63, 3.8) is 0 Å². The van der Waals surface area contributed by atoms with Crippen molar-refractivity contribution in [2.24, 2.45) is 4.99 Å². The van der Waals surface area contributed by atoms with E-state index in [-0.39, 0.29) is 30.7 Å². The van der Waals surface area contributed by atoms with E-state index in [1.807, 2.05) is 38.4 Å². The lowest BCUT2D eigenvalue weighted by Gasteiger charge is -2.28. The first kappa shape index (κ1) is 19.4. The van der Waals surface area contributed by atoms with E-state index in [1.54, 1.807) is 0 Å². The van der Waals surface area contributed by atoms with Crippen LogP contribution in [-0.4, -0.2) is 37.1 Å². The molecule has 0 saturated heterocycles. The Hall–Kier alpha value is -1.95. The average molecular weight is 383 g/mol. The molecule has 2 heterocycles. The molecule has 2 aromatic carbocycles. The minimum atomic E-state index is -0.0529. The number of ether oxygens (including phenoxy) is 2. The van der Waals surface area contributed by atoms with Crippen LogP contribution in [0, 0.1) is 0 Å². The molecular weight excluding hydrogens is 363 g/mol. The minimum absolute atomic E-state index is 0. The van der Waals surface area contributed by atoms with Gasteiger partial charge in [0.25, 0.3) is 0 Å². The SMILES string of the molecule is CN(C)C1=NC(c2ccc(Cl)cc2)c2cc3c(cc2C1)OCO3.Cl.O. The van der Waals surface area contributed by atoms with Crippen LogP contribution in [0.4, 0.5) is 0 Å². The van der Waals surface area contributed by atoms with Gasteiger partial charge in [0.2, 0.25) is 6.79 Å². The Morgan fingerprint density at radius 2 is 1.72 bits per heavy atom. The van der Waals surface area contributed by atoms with Crippen molar-refractivity contribution in [2.45, 2.75) is 12.5 Å². The fourth-order valence-electron chi connectivity index (χ4n) is 3.01. The largest absolute Gasteiger partial charge is 0.454 e. The molecule has 5 nitrogen and oxygen atoms in total. The molecule has 0 radical (unpaired) electrons. The van der Waals surface area contributed by atoms with Gasteiger partial charge in [0.05, 0.1) is 0 Å². The summed E-state index contributed by atoms with van der Waals surface area (Å²) < 4.78 is 11.1. The highest BCUT2D eigenvalue weighted by molar-refractivity contribution is 6.30. The molecule has 2 aromatic rings. The van der Waals surface area contributed by atoms with Crippen molar-refractivity contribution >= 4 is 29.8 Å². The van der Waals surface area contributed by atoms with Crippen LogP contribution >= 0.6 is 24.0 Å². The Morgan fingerprint density at radius 3 is 2.36 bits per heavy atom. The van der Waals surface area contributed by atoms with Crippen LogP contribution in [0.3, 0.4) is 0 Å². The second-order valence-electron chi connectivity index (χ2n) is 5.97. The Bertz CT molecular complexity index is 792. The molecule has 0 aromatic heterocycles. The summed E-state index contributed by atoms with van der Waals surface area (Å²) in [5.41, 5.74) is 3.52. The molecule has 2 aliphatic rings. The number of hydrogen-bond acceptors (Lipinski definition) is 4. The monoisotopic (exact) mass is 382 g/mol. The third kappa shape index (κ3) is 3.54. The molecule has 134 valence electrons. The number of hydrogen-bond donors (Lipinski definition) is 0. The zero-order chi connectivity index (χ0) is 16.0. The van der Waals surface area contributed by atoms with Gasteiger partial charge in [-0.25, -0.2) is 0 Å². The zero-order valence-corrected chi connectivity index (χ0v) is 15.5. The second kappa shape index (κ2) is 7.52. The molecule has 2 aliphatic heterocycles. The van der Waals surface area contributed by atoms with Crippen LogP contribution in [0.25, 0.3) is 0 Å². The standard InChI is InChI=1S/C18H17ClN2O2.ClH.H2O/c1-21(2)17-8-12-7-15-16(23-10-22-15)9-14(12)18(20-17)11-3-5-13(19)6-4-11;;/h3-7,9,18H,8,10H2,1-2H3;1H;1H2. The quantitative estimate of drug-likeness (QED) is 0.759. The molecule has 25 heavy (non-hydrogen) atoms. The number of fused-ring (bicyclic) bond motifs is 2. The summed E-state index contributed by atoms with van der Waals surface area (Å²) in [5, 5.41) is 0.729. The van der Waals surface area contributed by atoms with Gasteiger partial charge in [0, 0.05) is 25.5 Å². The van der Waals surface area contributed by atoms with E-state index in [1.165, 1.54) is 11.1 Å².